The van der Waals surface area contributed by atoms with Gasteiger partial charge in [0.2, 0.25) is 0 Å². The molecule has 19 heavy (non-hydrogen) atoms. The van der Waals surface area contributed by atoms with E-state index in [0.717, 1.165) is 41.8 Å². The summed E-state index contributed by atoms with van der Waals surface area (Å²) in [7, 11) is 0. The summed E-state index contributed by atoms with van der Waals surface area (Å²) >= 11 is 0. The van der Waals surface area contributed by atoms with Crippen molar-refractivity contribution in [2.24, 2.45) is 5.92 Å². The summed E-state index contributed by atoms with van der Waals surface area (Å²) in [6.45, 7) is 5.05. The number of carbonyl (C=O) groups is 1. The molecule has 0 bridgehead atoms. The zero-order valence-corrected chi connectivity index (χ0v) is 11.6. The van der Waals surface area contributed by atoms with E-state index in [1.165, 1.54) is 12.8 Å². The first-order valence-corrected chi connectivity index (χ1v) is 7.22. The van der Waals surface area contributed by atoms with Gasteiger partial charge in [-0.2, -0.15) is 0 Å². The van der Waals surface area contributed by atoms with Crippen LogP contribution >= 0.6 is 0 Å². The molecule has 1 fully saturated rings. The minimum absolute atomic E-state index is 0.242. The third-order valence-corrected chi connectivity index (χ3v) is 4.27. The molecule has 0 radical (unpaired) electrons. The second kappa shape index (κ2) is 4.80. The van der Waals surface area contributed by atoms with Crippen molar-refractivity contribution in [3.8, 4) is 0 Å². The summed E-state index contributed by atoms with van der Waals surface area (Å²) in [6, 6.07) is 5.98. The minimum atomic E-state index is 0.242. The molecule has 1 aromatic carbocycles. The van der Waals surface area contributed by atoms with Crippen molar-refractivity contribution >= 4 is 16.8 Å². The lowest BCUT2D eigenvalue weighted by atomic mass is 9.96. The highest BCUT2D eigenvalue weighted by molar-refractivity contribution is 6.00. The minimum Gasteiger partial charge on any atom is -0.329 e. The number of aromatic nitrogens is 2. The van der Waals surface area contributed by atoms with Gasteiger partial charge in [-0.25, -0.2) is 4.98 Å². The molecule has 1 aliphatic rings. The highest BCUT2D eigenvalue weighted by atomic mass is 16.1. The average molecular weight is 256 g/mol. The summed E-state index contributed by atoms with van der Waals surface area (Å²) in [6.07, 6.45) is 4.50. The van der Waals surface area contributed by atoms with Crippen LogP contribution in [0.25, 0.3) is 11.0 Å². The number of aryl methyl sites for hydroxylation is 2. The van der Waals surface area contributed by atoms with Gasteiger partial charge >= 0.3 is 0 Å². The molecule has 100 valence electrons. The van der Waals surface area contributed by atoms with Gasteiger partial charge in [0, 0.05) is 18.0 Å². The molecular formula is C16H20N2O. The van der Waals surface area contributed by atoms with Crippen molar-refractivity contribution in [2.75, 3.05) is 0 Å². The van der Waals surface area contributed by atoms with Gasteiger partial charge in [0.25, 0.3) is 0 Å². The van der Waals surface area contributed by atoms with Crippen molar-refractivity contribution in [3.63, 3.8) is 0 Å². The van der Waals surface area contributed by atoms with E-state index in [-0.39, 0.29) is 5.92 Å². The van der Waals surface area contributed by atoms with Crippen LogP contribution in [0.1, 0.15) is 48.8 Å². The number of Topliss-reactive ketones (excluding diaryl/α,β-unsaturated/α-hetero) is 1. The Bertz CT molecular complexity index is 621. The van der Waals surface area contributed by atoms with Gasteiger partial charge in [-0.05, 0) is 44.9 Å². The fourth-order valence-corrected chi connectivity index (χ4v) is 3.23. The zero-order chi connectivity index (χ0) is 13.4. The van der Waals surface area contributed by atoms with E-state index in [1.807, 2.05) is 25.1 Å². The molecule has 0 saturated heterocycles. The number of hydrogen-bond acceptors (Lipinski definition) is 2. The second-order valence-electron chi connectivity index (χ2n) is 5.45. The van der Waals surface area contributed by atoms with Gasteiger partial charge in [0.05, 0.1) is 11.0 Å². The van der Waals surface area contributed by atoms with E-state index in [4.69, 9.17) is 0 Å². The monoisotopic (exact) mass is 256 g/mol. The number of hydrogen-bond donors (Lipinski definition) is 0. The Hall–Kier alpha value is -1.64. The van der Waals surface area contributed by atoms with E-state index in [0.29, 0.717) is 5.78 Å². The van der Waals surface area contributed by atoms with Crippen LogP contribution in [-0.4, -0.2) is 15.3 Å². The molecule has 0 amide bonds. The van der Waals surface area contributed by atoms with E-state index < -0.39 is 0 Å². The first-order chi connectivity index (χ1) is 9.20. The van der Waals surface area contributed by atoms with Crippen LogP contribution in [0.5, 0.6) is 0 Å². The Kier molecular flexibility index (Phi) is 3.13. The van der Waals surface area contributed by atoms with Crippen molar-refractivity contribution in [1.29, 1.82) is 0 Å². The van der Waals surface area contributed by atoms with Gasteiger partial charge in [-0.15, -0.1) is 0 Å². The first-order valence-electron chi connectivity index (χ1n) is 7.22. The summed E-state index contributed by atoms with van der Waals surface area (Å²) < 4.78 is 2.18. The molecule has 1 aliphatic carbocycles. The molecule has 0 N–H and O–H groups in total. The average Bonchev–Trinajstić information content (AvgIpc) is 3.03. The maximum absolute atomic E-state index is 12.4. The Morgan fingerprint density at radius 3 is 2.79 bits per heavy atom. The molecule has 0 atom stereocenters. The number of imidazole rings is 1. The maximum atomic E-state index is 12.4. The van der Waals surface area contributed by atoms with Crippen molar-refractivity contribution < 1.29 is 4.79 Å². The largest absolute Gasteiger partial charge is 0.329 e. The molecule has 3 rings (SSSR count). The zero-order valence-electron chi connectivity index (χ0n) is 11.6. The molecule has 3 nitrogen and oxygen atoms in total. The van der Waals surface area contributed by atoms with Gasteiger partial charge in [-0.3, -0.25) is 4.79 Å². The SMILES string of the molecule is CCn1c(C)nc2cc(C(=O)C3CCCC3)ccc21. The molecule has 0 unspecified atom stereocenters. The fraction of sp³-hybridized carbons (Fsp3) is 0.500. The Balaban J connectivity index is 1.99. The molecule has 0 aliphatic heterocycles. The highest BCUT2D eigenvalue weighted by Gasteiger charge is 2.24. The Morgan fingerprint density at radius 1 is 1.37 bits per heavy atom. The van der Waals surface area contributed by atoms with Crippen LogP contribution in [0.3, 0.4) is 0 Å². The molecule has 1 aromatic heterocycles. The second-order valence-corrected chi connectivity index (χ2v) is 5.45. The van der Waals surface area contributed by atoms with Gasteiger partial charge in [-0.1, -0.05) is 12.8 Å². The quantitative estimate of drug-likeness (QED) is 0.784. The smallest absolute Gasteiger partial charge is 0.166 e. The topological polar surface area (TPSA) is 34.9 Å². The van der Waals surface area contributed by atoms with Crippen molar-refractivity contribution in [1.82, 2.24) is 9.55 Å². The number of benzene rings is 1. The summed E-state index contributed by atoms with van der Waals surface area (Å²) in [5, 5.41) is 0. The number of nitrogens with zero attached hydrogens (tertiary/aromatic N) is 2. The highest BCUT2D eigenvalue weighted by Crippen LogP contribution is 2.29. The van der Waals surface area contributed by atoms with Crippen LogP contribution in [0, 0.1) is 12.8 Å². The van der Waals surface area contributed by atoms with E-state index in [9.17, 15) is 4.79 Å². The van der Waals surface area contributed by atoms with Gasteiger partial charge in [0.1, 0.15) is 5.82 Å². The van der Waals surface area contributed by atoms with Gasteiger partial charge in [0.15, 0.2) is 5.78 Å². The summed E-state index contributed by atoms with van der Waals surface area (Å²) in [5.41, 5.74) is 2.91. The van der Waals surface area contributed by atoms with Crippen molar-refractivity contribution in [2.45, 2.75) is 46.1 Å². The van der Waals surface area contributed by atoms with Crippen molar-refractivity contribution in [3.05, 3.63) is 29.6 Å². The van der Waals surface area contributed by atoms with Crippen LogP contribution in [0.4, 0.5) is 0 Å². The number of fused-ring (bicyclic) bond motifs is 1. The van der Waals surface area contributed by atoms with Crippen LogP contribution in [0.15, 0.2) is 18.2 Å². The fourth-order valence-electron chi connectivity index (χ4n) is 3.23. The lowest BCUT2D eigenvalue weighted by molar-refractivity contribution is 0.0923. The predicted molar refractivity (Wildman–Crippen MR) is 76.4 cm³/mol. The molecule has 1 saturated carbocycles. The molecular weight excluding hydrogens is 236 g/mol. The maximum Gasteiger partial charge on any atom is 0.166 e. The van der Waals surface area contributed by atoms with E-state index in [2.05, 4.69) is 16.5 Å². The van der Waals surface area contributed by atoms with Crippen LogP contribution in [0.2, 0.25) is 0 Å². The predicted octanol–water partition coefficient (Wildman–Crippen LogP) is 3.74. The van der Waals surface area contributed by atoms with Crippen LogP contribution in [-0.2, 0) is 6.54 Å². The molecule has 0 spiro atoms. The molecule has 2 aromatic rings. The van der Waals surface area contributed by atoms with E-state index >= 15 is 0 Å². The third-order valence-electron chi connectivity index (χ3n) is 4.27. The third kappa shape index (κ3) is 2.07. The molecule has 1 heterocycles. The normalized spacial score (nSPS) is 16.3. The summed E-state index contributed by atoms with van der Waals surface area (Å²) in [4.78, 5) is 17.0. The molecule has 3 heteroatoms. The number of rotatable bonds is 3. The number of carbonyl (C=O) groups excluding carboxylic acids is 1. The van der Waals surface area contributed by atoms with Gasteiger partial charge < -0.3 is 4.57 Å². The van der Waals surface area contributed by atoms with E-state index in [1.54, 1.807) is 0 Å². The lowest BCUT2D eigenvalue weighted by Gasteiger charge is -2.08. The first kappa shape index (κ1) is 12.4. The Labute approximate surface area is 113 Å². The van der Waals surface area contributed by atoms with Crippen LogP contribution < -0.4 is 0 Å². The summed E-state index contributed by atoms with van der Waals surface area (Å²) in [5.74, 6) is 1.57. The Morgan fingerprint density at radius 2 is 2.11 bits per heavy atom. The standard InChI is InChI=1S/C16H20N2O/c1-3-18-11(2)17-14-10-13(8-9-15(14)18)16(19)12-6-4-5-7-12/h8-10,12H,3-7H2,1-2H3. The number of ketones is 1. The lowest BCUT2D eigenvalue weighted by Crippen LogP contribution is -2.10.